The first-order chi connectivity index (χ1) is 11.2. The minimum atomic E-state index is -4.67. The van der Waals surface area contributed by atoms with Crippen LogP contribution in [-0.4, -0.2) is 51.1 Å². The van der Waals surface area contributed by atoms with Crippen molar-refractivity contribution < 1.29 is 27.9 Å². The number of carbonyl (C=O) groups is 2. The number of hydrogen-bond donors (Lipinski definition) is 1. The maximum atomic E-state index is 13.1. The lowest BCUT2D eigenvalue weighted by Gasteiger charge is -2.19. The van der Waals surface area contributed by atoms with E-state index in [0.717, 1.165) is 17.7 Å². The molecule has 130 valence electrons. The van der Waals surface area contributed by atoms with Gasteiger partial charge in [0.1, 0.15) is 5.82 Å². The van der Waals surface area contributed by atoms with Crippen molar-refractivity contribution in [3.63, 3.8) is 0 Å². The molecular weight excluding hydrogens is 327 g/mol. The molecule has 0 bridgehead atoms. The molecular formula is C15H16F3N3O3. The smallest absolute Gasteiger partial charge is 0.394 e. The second kappa shape index (κ2) is 5.71. The molecule has 1 aromatic rings. The Hall–Kier alpha value is -2.19. The Bertz CT molecular complexity index is 688. The minimum Gasteiger partial charge on any atom is -0.481 e. The number of carboxylic acid groups (broad SMARTS) is 1. The summed E-state index contributed by atoms with van der Waals surface area (Å²) in [4.78, 5) is 32.9. The Morgan fingerprint density at radius 3 is 2.46 bits per heavy atom. The molecule has 2 fully saturated rings. The second-order valence-corrected chi connectivity index (χ2v) is 6.29. The van der Waals surface area contributed by atoms with E-state index in [1.807, 2.05) is 0 Å². The molecule has 24 heavy (non-hydrogen) atoms. The largest absolute Gasteiger partial charge is 0.481 e. The monoisotopic (exact) mass is 343 g/mol. The van der Waals surface area contributed by atoms with E-state index in [1.165, 1.54) is 6.20 Å². The number of halogens is 3. The fourth-order valence-corrected chi connectivity index (χ4v) is 3.04. The zero-order valence-corrected chi connectivity index (χ0v) is 12.9. The summed E-state index contributed by atoms with van der Waals surface area (Å²) in [7, 11) is 0. The number of hydrogen-bond acceptors (Lipinski definition) is 4. The van der Waals surface area contributed by atoms with E-state index in [-0.39, 0.29) is 11.5 Å². The lowest BCUT2D eigenvalue weighted by Crippen LogP contribution is -2.34. The van der Waals surface area contributed by atoms with Gasteiger partial charge in [0.2, 0.25) is 0 Å². The van der Waals surface area contributed by atoms with Crippen molar-refractivity contribution in [1.29, 1.82) is 0 Å². The molecule has 1 aliphatic heterocycles. The van der Waals surface area contributed by atoms with Crippen molar-refractivity contribution in [3.8, 4) is 0 Å². The lowest BCUT2D eigenvalue weighted by molar-refractivity contribution is -0.187. The molecule has 2 aliphatic rings. The zero-order chi connectivity index (χ0) is 17.6. The van der Waals surface area contributed by atoms with E-state index < -0.39 is 43.0 Å². The Labute approximate surface area is 135 Å². The van der Waals surface area contributed by atoms with E-state index >= 15 is 0 Å². The highest BCUT2D eigenvalue weighted by atomic mass is 19.4. The van der Waals surface area contributed by atoms with Crippen LogP contribution in [0.5, 0.6) is 0 Å². The highest BCUT2D eigenvalue weighted by Gasteiger charge is 2.53. The number of nitrogens with zero attached hydrogens (tertiary/aromatic N) is 3. The summed E-state index contributed by atoms with van der Waals surface area (Å²) in [5.41, 5.74) is 0.727. The molecule has 1 saturated carbocycles. The van der Waals surface area contributed by atoms with Crippen molar-refractivity contribution in [2.75, 3.05) is 13.1 Å². The number of aryl methyl sites for hydroxylation is 1. The Kier molecular flexibility index (Phi) is 3.97. The summed E-state index contributed by atoms with van der Waals surface area (Å²) in [6.45, 7) is 0.559. The van der Waals surface area contributed by atoms with Crippen LogP contribution in [-0.2, 0) is 4.79 Å². The molecule has 1 N–H and O–H groups in total. The van der Waals surface area contributed by atoms with E-state index in [4.69, 9.17) is 5.11 Å². The topological polar surface area (TPSA) is 83.4 Å². The third-order valence-corrected chi connectivity index (χ3v) is 4.48. The van der Waals surface area contributed by atoms with Gasteiger partial charge in [-0.15, -0.1) is 0 Å². The average molecular weight is 343 g/mol. The van der Waals surface area contributed by atoms with Gasteiger partial charge in [-0.3, -0.25) is 9.59 Å². The molecule has 2 heterocycles. The normalized spacial score (nSPS) is 24.2. The Balaban J connectivity index is 1.87. The molecule has 6 nitrogen and oxygen atoms in total. The molecule has 1 saturated heterocycles. The third kappa shape index (κ3) is 3.07. The van der Waals surface area contributed by atoms with Crippen LogP contribution in [0.2, 0.25) is 0 Å². The maximum absolute atomic E-state index is 13.1. The number of carbonyl (C=O) groups excluding carboxylic acids is 1. The predicted octanol–water partition coefficient (Wildman–Crippen LogP) is 2.00. The molecule has 9 heteroatoms. The van der Waals surface area contributed by atoms with Crippen molar-refractivity contribution >= 4 is 11.9 Å². The summed E-state index contributed by atoms with van der Waals surface area (Å²) >= 11 is 0. The van der Waals surface area contributed by atoms with Crippen LogP contribution in [0.15, 0.2) is 6.20 Å². The number of aliphatic carboxylic acids is 1. The van der Waals surface area contributed by atoms with Crippen LogP contribution in [0.1, 0.15) is 40.6 Å². The highest BCUT2D eigenvalue weighted by molar-refractivity contribution is 5.96. The molecule has 0 aromatic carbocycles. The fourth-order valence-electron chi connectivity index (χ4n) is 3.04. The average Bonchev–Trinajstić information content (AvgIpc) is 3.22. The quantitative estimate of drug-likeness (QED) is 0.907. The van der Waals surface area contributed by atoms with Crippen molar-refractivity contribution in [2.45, 2.75) is 31.9 Å². The zero-order valence-electron chi connectivity index (χ0n) is 12.9. The molecule has 0 spiro atoms. The Morgan fingerprint density at radius 2 is 1.96 bits per heavy atom. The van der Waals surface area contributed by atoms with Gasteiger partial charge in [-0.25, -0.2) is 9.97 Å². The van der Waals surface area contributed by atoms with Crippen LogP contribution in [0.3, 0.4) is 0 Å². The first-order valence-corrected chi connectivity index (χ1v) is 7.60. The summed E-state index contributed by atoms with van der Waals surface area (Å²) in [5.74, 6) is -5.27. The van der Waals surface area contributed by atoms with Crippen LogP contribution in [0.25, 0.3) is 0 Å². The van der Waals surface area contributed by atoms with Gasteiger partial charge in [-0.2, -0.15) is 13.2 Å². The first kappa shape index (κ1) is 16.7. The van der Waals surface area contributed by atoms with E-state index in [0.29, 0.717) is 11.5 Å². The summed E-state index contributed by atoms with van der Waals surface area (Å²) in [5, 5.41) is 9.04. The van der Waals surface area contributed by atoms with Gasteiger partial charge in [0.05, 0.1) is 23.1 Å². The van der Waals surface area contributed by atoms with Gasteiger partial charge in [0.15, 0.2) is 0 Å². The van der Waals surface area contributed by atoms with Gasteiger partial charge >= 0.3 is 12.1 Å². The molecule has 0 unspecified atom stereocenters. The molecule has 3 rings (SSSR count). The van der Waals surface area contributed by atoms with Gasteiger partial charge in [-0.1, -0.05) is 0 Å². The molecule has 1 aromatic heterocycles. The number of amides is 1. The fraction of sp³-hybridized carbons (Fsp3) is 0.600. The first-order valence-electron chi connectivity index (χ1n) is 7.60. The minimum absolute atomic E-state index is 0.127. The molecule has 1 aliphatic carbocycles. The van der Waals surface area contributed by atoms with Crippen LogP contribution in [0.4, 0.5) is 13.2 Å². The second-order valence-electron chi connectivity index (χ2n) is 6.29. The van der Waals surface area contributed by atoms with E-state index in [2.05, 4.69) is 9.97 Å². The molecule has 0 radical (unpaired) electrons. The number of alkyl halides is 3. The van der Waals surface area contributed by atoms with Crippen molar-refractivity contribution in [2.24, 2.45) is 11.8 Å². The SMILES string of the molecule is Cc1ncc(C(=O)N2C[C@@H](C(F)(F)F)[C@H](C(=O)O)C2)c(C2CC2)n1. The van der Waals surface area contributed by atoms with Gasteiger partial charge in [0.25, 0.3) is 5.91 Å². The van der Waals surface area contributed by atoms with Crippen molar-refractivity contribution in [3.05, 3.63) is 23.3 Å². The van der Waals surface area contributed by atoms with Crippen LogP contribution >= 0.6 is 0 Å². The van der Waals surface area contributed by atoms with E-state index in [1.54, 1.807) is 6.92 Å². The summed E-state index contributed by atoms with van der Waals surface area (Å²) < 4.78 is 39.2. The molecule has 2 atom stereocenters. The highest BCUT2D eigenvalue weighted by Crippen LogP contribution is 2.42. The third-order valence-electron chi connectivity index (χ3n) is 4.48. The number of carboxylic acids is 1. The predicted molar refractivity (Wildman–Crippen MR) is 75.3 cm³/mol. The number of rotatable bonds is 3. The van der Waals surface area contributed by atoms with E-state index in [9.17, 15) is 22.8 Å². The summed E-state index contributed by atoms with van der Waals surface area (Å²) in [6, 6.07) is 0. The Morgan fingerprint density at radius 1 is 1.29 bits per heavy atom. The van der Waals surface area contributed by atoms with Gasteiger partial charge in [-0.05, 0) is 19.8 Å². The lowest BCUT2D eigenvalue weighted by atomic mass is 9.96. The summed E-state index contributed by atoms with van der Waals surface area (Å²) in [6.07, 6.45) is -1.59. The van der Waals surface area contributed by atoms with Crippen LogP contribution < -0.4 is 0 Å². The van der Waals surface area contributed by atoms with Gasteiger partial charge in [0, 0.05) is 25.2 Å². The van der Waals surface area contributed by atoms with Crippen LogP contribution in [0, 0.1) is 18.8 Å². The van der Waals surface area contributed by atoms with Gasteiger partial charge < -0.3 is 10.0 Å². The standard InChI is InChI=1S/C15H16F3N3O3/c1-7-19-4-9(12(20-7)8-2-3-8)13(22)21-5-10(14(23)24)11(6-21)15(16,17)18/h4,8,10-11H,2-3,5-6H2,1H3,(H,23,24)/t10-,11-/m1/s1. The molecule has 1 amide bonds. The van der Waals surface area contributed by atoms with Crippen molar-refractivity contribution in [1.82, 2.24) is 14.9 Å². The maximum Gasteiger partial charge on any atom is 0.394 e. The number of aromatic nitrogens is 2. The number of likely N-dealkylation sites (tertiary alicyclic amines) is 1.